The Morgan fingerprint density at radius 2 is 2.43 bits per heavy atom. The second-order valence-electron chi connectivity index (χ2n) is 2.90. The van der Waals surface area contributed by atoms with E-state index >= 15 is 0 Å². The average molecular weight is 212 g/mol. The SMILES string of the molecule is COCCSCc1ccnc(CN)c1. The summed E-state index contributed by atoms with van der Waals surface area (Å²) in [6.07, 6.45) is 1.81. The van der Waals surface area contributed by atoms with Crippen LogP contribution < -0.4 is 5.73 Å². The van der Waals surface area contributed by atoms with Crippen LogP contribution in [0.25, 0.3) is 0 Å². The molecule has 0 aliphatic rings. The summed E-state index contributed by atoms with van der Waals surface area (Å²) in [4.78, 5) is 4.14. The number of rotatable bonds is 6. The molecule has 0 amide bonds. The first-order valence-electron chi connectivity index (χ1n) is 4.57. The normalized spacial score (nSPS) is 10.4. The molecule has 0 aromatic carbocycles. The lowest BCUT2D eigenvalue weighted by atomic mass is 10.2. The number of nitrogens with zero attached hydrogens (tertiary/aromatic N) is 1. The van der Waals surface area contributed by atoms with Crippen LogP contribution >= 0.6 is 11.8 Å². The van der Waals surface area contributed by atoms with Gasteiger partial charge in [0.15, 0.2) is 0 Å². The lowest BCUT2D eigenvalue weighted by Gasteiger charge is -2.02. The molecule has 0 spiro atoms. The first kappa shape index (κ1) is 11.5. The summed E-state index contributed by atoms with van der Waals surface area (Å²) in [7, 11) is 1.72. The third-order valence-corrected chi connectivity index (χ3v) is 2.78. The zero-order chi connectivity index (χ0) is 10.2. The predicted molar refractivity (Wildman–Crippen MR) is 60.2 cm³/mol. The quantitative estimate of drug-likeness (QED) is 0.724. The summed E-state index contributed by atoms with van der Waals surface area (Å²) in [6, 6.07) is 4.08. The third-order valence-electron chi connectivity index (χ3n) is 1.79. The van der Waals surface area contributed by atoms with E-state index in [0.29, 0.717) is 6.54 Å². The highest BCUT2D eigenvalue weighted by molar-refractivity contribution is 7.98. The van der Waals surface area contributed by atoms with Crippen molar-refractivity contribution in [1.29, 1.82) is 0 Å². The van der Waals surface area contributed by atoms with E-state index in [9.17, 15) is 0 Å². The molecule has 2 N–H and O–H groups in total. The van der Waals surface area contributed by atoms with E-state index in [2.05, 4.69) is 11.1 Å². The van der Waals surface area contributed by atoms with Crippen molar-refractivity contribution < 1.29 is 4.74 Å². The molecule has 0 unspecified atom stereocenters. The zero-order valence-corrected chi connectivity index (χ0v) is 9.22. The summed E-state index contributed by atoms with van der Waals surface area (Å²) in [6.45, 7) is 1.32. The van der Waals surface area contributed by atoms with Crippen molar-refractivity contribution in [3.8, 4) is 0 Å². The highest BCUT2D eigenvalue weighted by Crippen LogP contribution is 2.11. The Labute approximate surface area is 89.1 Å². The Bertz CT molecular complexity index is 268. The number of methoxy groups -OCH3 is 1. The minimum atomic E-state index is 0.510. The smallest absolute Gasteiger partial charge is 0.0553 e. The molecule has 4 heteroatoms. The van der Waals surface area contributed by atoms with Gasteiger partial charge in [-0.3, -0.25) is 4.98 Å². The van der Waals surface area contributed by atoms with Crippen LogP contribution in [0.1, 0.15) is 11.3 Å². The van der Waals surface area contributed by atoms with Crippen LogP contribution in [0.4, 0.5) is 0 Å². The van der Waals surface area contributed by atoms with E-state index < -0.39 is 0 Å². The van der Waals surface area contributed by atoms with E-state index in [1.165, 1.54) is 5.56 Å². The van der Waals surface area contributed by atoms with Crippen molar-refractivity contribution in [2.24, 2.45) is 5.73 Å². The van der Waals surface area contributed by atoms with Crippen LogP contribution in [0.2, 0.25) is 0 Å². The number of pyridine rings is 1. The topological polar surface area (TPSA) is 48.1 Å². The molecule has 1 rings (SSSR count). The monoisotopic (exact) mass is 212 g/mol. The van der Waals surface area contributed by atoms with Gasteiger partial charge in [0.2, 0.25) is 0 Å². The fraction of sp³-hybridized carbons (Fsp3) is 0.500. The molecule has 0 atom stereocenters. The van der Waals surface area contributed by atoms with Crippen LogP contribution in [0, 0.1) is 0 Å². The summed E-state index contributed by atoms with van der Waals surface area (Å²) >= 11 is 1.86. The third kappa shape index (κ3) is 4.09. The maximum Gasteiger partial charge on any atom is 0.0553 e. The molecule has 1 aromatic heterocycles. The van der Waals surface area contributed by atoms with E-state index in [-0.39, 0.29) is 0 Å². The first-order valence-corrected chi connectivity index (χ1v) is 5.73. The van der Waals surface area contributed by atoms with Crippen molar-refractivity contribution in [2.75, 3.05) is 19.5 Å². The van der Waals surface area contributed by atoms with E-state index in [1.807, 2.05) is 24.0 Å². The standard InChI is InChI=1S/C10H16N2OS/c1-13-4-5-14-8-9-2-3-12-10(6-9)7-11/h2-3,6H,4-5,7-8,11H2,1H3. The number of hydrogen-bond acceptors (Lipinski definition) is 4. The van der Waals surface area contributed by atoms with E-state index in [4.69, 9.17) is 10.5 Å². The van der Waals surface area contributed by atoms with Gasteiger partial charge in [-0.25, -0.2) is 0 Å². The van der Waals surface area contributed by atoms with Crippen LogP contribution in [0.3, 0.4) is 0 Å². The molecular formula is C10H16N2OS. The molecule has 1 heterocycles. The van der Waals surface area contributed by atoms with E-state index in [0.717, 1.165) is 23.8 Å². The van der Waals surface area contributed by atoms with Crippen LogP contribution in [0.5, 0.6) is 0 Å². The molecule has 0 fully saturated rings. The van der Waals surface area contributed by atoms with Crippen molar-refractivity contribution in [3.63, 3.8) is 0 Å². The van der Waals surface area contributed by atoms with Gasteiger partial charge in [-0.2, -0.15) is 11.8 Å². The highest BCUT2D eigenvalue weighted by atomic mass is 32.2. The summed E-state index contributed by atoms with van der Waals surface area (Å²) in [5.74, 6) is 2.02. The largest absolute Gasteiger partial charge is 0.384 e. The molecule has 0 aliphatic carbocycles. The molecule has 78 valence electrons. The van der Waals surface area contributed by atoms with Crippen LogP contribution in [-0.2, 0) is 17.0 Å². The minimum absolute atomic E-state index is 0.510. The molecule has 3 nitrogen and oxygen atoms in total. The number of thioether (sulfide) groups is 1. The Balaban J connectivity index is 2.34. The zero-order valence-electron chi connectivity index (χ0n) is 8.40. The second kappa shape index (κ2) is 6.81. The minimum Gasteiger partial charge on any atom is -0.384 e. The van der Waals surface area contributed by atoms with Gasteiger partial charge in [0.1, 0.15) is 0 Å². The van der Waals surface area contributed by atoms with Gasteiger partial charge >= 0.3 is 0 Å². The fourth-order valence-electron chi connectivity index (χ4n) is 1.06. The second-order valence-corrected chi connectivity index (χ2v) is 4.01. The van der Waals surface area contributed by atoms with Gasteiger partial charge in [-0.05, 0) is 17.7 Å². The van der Waals surface area contributed by atoms with Crippen molar-refractivity contribution in [1.82, 2.24) is 4.98 Å². The molecule has 0 bridgehead atoms. The molecule has 0 saturated carbocycles. The van der Waals surface area contributed by atoms with E-state index in [1.54, 1.807) is 7.11 Å². The van der Waals surface area contributed by atoms with Gasteiger partial charge < -0.3 is 10.5 Å². The fourth-order valence-corrected chi connectivity index (χ4v) is 1.91. The molecule has 14 heavy (non-hydrogen) atoms. The number of hydrogen-bond donors (Lipinski definition) is 1. The molecule has 0 saturated heterocycles. The maximum atomic E-state index is 5.51. The maximum absolute atomic E-state index is 5.51. The number of nitrogens with two attached hydrogens (primary N) is 1. The lowest BCUT2D eigenvalue weighted by molar-refractivity contribution is 0.218. The average Bonchev–Trinajstić information content (AvgIpc) is 2.25. The molecular weight excluding hydrogens is 196 g/mol. The van der Waals surface area contributed by atoms with Crippen molar-refractivity contribution in [2.45, 2.75) is 12.3 Å². The van der Waals surface area contributed by atoms with Gasteiger partial charge in [0.25, 0.3) is 0 Å². The Morgan fingerprint density at radius 3 is 3.14 bits per heavy atom. The van der Waals surface area contributed by atoms with Gasteiger partial charge in [-0.1, -0.05) is 0 Å². The summed E-state index contributed by atoms with van der Waals surface area (Å²) in [5, 5.41) is 0. The molecule has 0 aliphatic heterocycles. The van der Waals surface area contributed by atoms with Gasteiger partial charge in [-0.15, -0.1) is 0 Å². The van der Waals surface area contributed by atoms with Crippen LogP contribution in [0.15, 0.2) is 18.3 Å². The highest BCUT2D eigenvalue weighted by Gasteiger charge is 1.96. The molecule has 1 aromatic rings. The lowest BCUT2D eigenvalue weighted by Crippen LogP contribution is -2.00. The number of aromatic nitrogens is 1. The number of ether oxygens (including phenoxy) is 1. The first-order chi connectivity index (χ1) is 6.86. The Morgan fingerprint density at radius 1 is 1.57 bits per heavy atom. The van der Waals surface area contributed by atoms with Crippen LogP contribution in [-0.4, -0.2) is 24.5 Å². The summed E-state index contributed by atoms with van der Waals surface area (Å²) < 4.78 is 4.97. The van der Waals surface area contributed by atoms with Crippen molar-refractivity contribution in [3.05, 3.63) is 29.6 Å². The Kier molecular flexibility index (Phi) is 5.59. The Hall–Kier alpha value is -0.580. The molecule has 0 radical (unpaired) electrons. The van der Waals surface area contributed by atoms with Crippen molar-refractivity contribution >= 4 is 11.8 Å². The summed E-state index contributed by atoms with van der Waals surface area (Å²) in [5.41, 5.74) is 7.74. The van der Waals surface area contributed by atoms with Gasteiger partial charge in [0, 0.05) is 31.4 Å². The predicted octanol–water partition coefficient (Wildman–Crippen LogP) is 1.42. The van der Waals surface area contributed by atoms with Gasteiger partial charge in [0.05, 0.1) is 12.3 Å².